The first-order valence-corrected chi connectivity index (χ1v) is 24.8. The van der Waals surface area contributed by atoms with Gasteiger partial charge in [0.2, 0.25) is 0 Å². The third-order valence-electron chi connectivity index (χ3n) is 8.83. The second kappa shape index (κ2) is 14.0. The van der Waals surface area contributed by atoms with Crippen molar-refractivity contribution in [2.75, 3.05) is 0 Å². The number of nitrogens with one attached hydrogen (secondary N) is 2. The third kappa shape index (κ3) is 8.22. The fourth-order valence-corrected chi connectivity index (χ4v) is 7.41. The van der Waals surface area contributed by atoms with E-state index in [1.807, 2.05) is 0 Å². The van der Waals surface area contributed by atoms with Crippen LogP contribution in [0.2, 0.25) is 39.3 Å². The number of hydrogen-bond acceptors (Lipinski definition) is 2. The molecule has 2 aromatic carbocycles. The van der Waals surface area contributed by atoms with Crippen molar-refractivity contribution in [1.82, 2.24) is 19.9 Å². The van der Waals surface area contributed by atoms with Crippen LogP contribution >= 0.6 is 0 Å². The Morgan fingerprint density at radius 1 is 0.446 bits per heavy atom. The summed E-state index contributed by atoms with van der Waals surface area (Å²) in [5.74, 6) is 6.35. The zero-order valence-electron chi connectivity index (χ0n) is 31.4. The zero-order chi connectivity index (χ0) is 40.2. The standard InChI is InChI=1S/C44H36F6N4Si2/c1-55(2,3)25-23-27-7-11-29(12-8-27)39-31-15-19-35(51-31)41(43(45,46)47)37-21-17-33(53-37)40(30-13-9-28(10-14-30)24-26-56(4,5)6)34-18-22-38(54-34)42(44(48,49)50)36-20-16-32(39)52-36/h7-22,51-52H,1-6H3. The molecule has 0 saturated heterocycles. The Morgan fingerprint density at radius 3 is 1.14 bits per heavy atom. The molecule has 12 heteroatoms. The van der Waals surface area contributed by atoms with Gasteiger partial charge in [-0.15, -0.1) is 11.1 Å². The van der Waals surface area contributed by atoms with Gasteiger partial charge in [0, 0.05) is 33.3 Å². The van der Waals surface area contributed by atoms with E-state index in [-0.39, 0.29) is 50.4 Å². The van der Waals surface area contributed by atoms with Crippen molar-refractivity contribution < 1.29 is 26.3 Å². The average molecular weight is 791 g/mol. The van der Waals surface area contributed by atoms with Crippen molar-refractivity contribution in [3.63, 3.8) is 0 Å². The van der Waals surface area contributed by atoms with Gasteiger partial charge in [-0.05, 0) is 84.0 Å². The van der Waals surface area contributed by atoms with Crippen molar-refractivity contribution in [2.24, 2.45) is 0 Å². The quantitative estimate of drug-likeness (QED) is 0.104. The van der Waals surface area contributed by atoms with Gasteiger partial charge in [-0.1, -0.05) is 75.4 Å². The maximum atomic E-state index is 15.1. The SMILES string of the molecule is C[Si](C)(C)C#Cc1ccc(-c2c3nc(c(C(F)(F)F)c4ccc([nH]4)c(-c4ccc(C#C[Si](C)(C)C)cc4)c4ccc([nH]4)c(C(F)(F)F)c4nc2C=C4)C=C3)cc1. The molecule has 4 nitrogen and oxygen atoms in total. The molecule has 2 aliphatic heterocycles. The molecule has 282 valence electrons. The van der Waals surface area contributed by atoms with Crippen LogP contribution in [0.25, 0.3) is 68.6 Å². The predicted molar refractivity (Wildman–Crippen MR) is 220 cm³/mol. The van der Waals surface area contributed by atoms with E-state index >= 15 is 26.3 Å². The molecule has 5 heterocycles. The Hall–Kier alpha value is -5.83. The third-order valence-corrected chi connectivity index (χ3v) is 10.6. The molecule has 0 saturated carbocycles. The van der Waals surface area contributed by atoms with Crippen molar-refractivity contribution in [2.45, 2.75) is 51.6 Å². The summed E-state index contributed by atoms with van der Waals surface area (Å²) < 4.78 is 90.4. The van der Waals surface area contributed by atoms with E-state index in [1.54, 1.807) is 48.5 Å². The summed E-state index contributed by atoms with van der Waals surface area (Å²) >= 11 is 0. The van der Waals surface area contributed by atoms with Gasteiger partial charge in [0.15, 0.2) is 0 Å². The molecule has 5 aromatic rings. The van der Waals surface area contributed by atoms with Crippen LogP contribution in [-0.2, 0) is 12.4 Å². The summed E-state index contributed by atoms with van der Waals surface area (Å²) in [5.41, 5.74) is 7.28. The molecule has 0 amide bonds. The first kappa shape index (κ1) is 38.4. The maximum absolute atomic E-state index is 15.1. The van der Waals surface area contributed by atoms with E-state index in [0.29, 0.717) is 16.7 Å². The van der Waals surface area contributed by atoms with Crippen LogP contribution in [0.3, 0.4) is 0 Å². The monoisotopic (exact) mass is 790 g/mol. The van der Waals surface area contributed by atoms with E-state index in [4.69, 9.17) is 0 Å². The minimum absolute atomic E-state index is 0.117. The molecule has 0 aliphatic carbocycles. The molecular formula is C44H36F6N4Si2. The number of aromatic amines is 2. The average Bonchev–Trinajstić information content (AvgIpc) is 3.93. The second-order valence-corrected chi connectivity index (χ2v) is 25.2. The lowest BCUT2D eigenvalue weighted by Gasteiger charge is -2.09. The first-order chi connectivity index (χ1) is 26.2. The van der Waals surface area contributed by atoms with Crippen molar-refractivity contribution >= 4 is 62.5 Å². The lowest BCUT2D eigenvalue weighted by Crippen LogP contribution is -2.16. The number of hydrogen-bond donors (Lipinski definition) is 2. The molecule has 7 rings (SSSR count). The molecule has 56 heavy (non-hydrogen) atoms. The molecule has 8 bridgehead atoms. The normalized spacial score (nSPS) is 12.9. The summed E-state index contributed by atoms with van der Waals surface area (Å²) in [4.78, 5) is 14.8. The highest BCUT2D eigenvalue weighted by atomic mass is 28.3. The lowest BCUT2D eigenvalue weighted by molar-refractivity contribution is -0.137. The van der Waals surface area contributed by atoms with Gasteiger partial charge in [0.25, 0.3) is 0 Å². The summed E-state index contributed by atoms with van der Waals surface area (Å²) in [6, 6.07) is 19.7. The van der Waals surface area contributed by atoms with Gasteiger partial charge in [0.05, 0.1) is 33.8 Å². The fourth-order valence-electron chi connectivity index (χ4n) is 6.37. The van der Waals surface area contributed by atoms with Crippen LogP contribution in [0.15, 0.2) is 72.8 Å². The summed E-state index contributed by atoms with van der Waals surface area (Å²) in [6.45, 7) is 12.7. The molecule has 0 radical (unpaired) electrons. The predicted octanol–water partition coefficient (Wildman–Crippen LogP) is 12.5. The maximum Gasteiger partial charge on any atom is 0.420 e. The van der Waals surface area contributed by atoms with Gasteiger partial charge in [-0.3, -0.25) is 0 Å². The largest absolute Gasteiger partial charge is 0.420 e. The van der Waals surface area contributed by atoms with E-state index < -0.39 is 39.6 Å². The number of alkyl halides is 6. The minimum atomic E-state index is -4.83. The molecular weight excluding hydrogens is 755 g/mol. The Morgan fingerprint density at radius 2 is 0.786 bits per heavy atom. The molecule has 2 N–H and O–H groups in total. The molecule has 3 aromatic heterocycles. The number of benzene rings is 2. The van der Waals surface area contributed by atoms with Crippen LogP contribution in [0.5, 0.6) is 0 Å². The Labute approximate surface area is 322 Å². The highest BCUT2D eigenvalue weighted by molar-refractivity contribution is 6.84. The number of aromatic nitrogens is 4. The summed E-state index contributed by atoms with van der Waals surface area (Å²) in [5, 5.41) is 0. The van der Waals surface area contributed by atoms with Crippen molar-refractivity contribution in [1.29, 1.82) is 0 Å². The van der Waals surface area contributed by atoms with Crippen molar-refractivity contribution in [3.8, 4) is 45.2 Å². The molecule has 0 spiro atoms. The Bertz CT molecular complexity index is 2620. The van der Waals surface area contributed by atoms with Gasteiger partial charge in [-0.25, -0.2) is 9.97 Å². The minimum Gasteiger partial charge on any atom is -0.354 e. The van der Waals surface area contributed by atoms with Gasteiger partial charge < -0.3 is 9.97 Å². The van der Waals surface area contributed by atoms with E-state index in [9.17, 15) is 0 Å². The number of H-pyrrole nitrogens is 2. The number of rotatable bonds is 2. The zero-order valence-corrected chi connectivity index (χ0v) is 33.4. The van der Waals surface area contributed by atoms with Crippen LogP contribution in [0.1, 0.15) is 45.0 Å². The topological polar surface area (TPSA) is 57.4 Å². The van der Waals surface area contributed by atoms with Crippen LogP contribution in [0, 0.1) is 22.9 Å². The lowest BCUT2D eigenvalue weighted by atomic mass is 10.0. The van der Waals surface area contributed by atoms with Crippen LogP contribution in [0.4, 0.5) is 26.3 Å². The Kier molecular flexibility index (Phi) is 9.64. The molecule has 0 unspecified atom stereocenters. The summed E-state index contributed by atoms with van der Waals surface area (Å²) in [6.07, 6.45) is -4.27. The fraction of sp³-hybridized carbons (Fsp3) is 0.182. The van der Waals surface area contributed by atoms with Gasteiger partial charge in [-0.2, -0.15) is 26.3 Å². The Balaban J connectivity index is 1.57. The number of halogens is 6. The summed E-state index contributed by atoms with van der Waals surface area (Å²) in [7, 11) is -3.38. The molecule has 0 atom stereocenters. The molecule has 0 fully saturated rings. The van der Waals surface area contributed by atoms with E-state index in [2.05, 4.69) is 82.1 Å². The van der Waals surface area contributed by atoms with E-state index in [1.165, 1.54) is 48.6 Å². The number of nitrogens with zero attached hydrogens (tertiary/aromatic N) is 2. The highest BCUT2D eigenvalue weighted by Crippen LogP contribution is 2.41. The smallest absolute Gasteiger partial charge is 0.354 e. The van der Waals surface area contributed by atoms with Gasteiger partial charge in [0.1, 0.15) is 27.3 Å². The van der Waals surface area contributed by atoms with E-state index in [0.717, 1.165) is 11.1 Å². The number of fused-ring (bicyclic) bond motifs is 8. The molecule has 2 aliphatic rings. The van der Waals surface area contributed by atoms with Crippen LogP contribution in [-0.4, -0.2) is 36.1 Å². The van der Waals surface area contributed by atoms with Crippen molar-refractivity contribution in [3.05, 3.63) is 118 Å². The van der Waals surface area contributed by atoms with Gasteiger partial charge >= 0.3 is 12.4 Å². The highest BCUT2D eigenvalue weighted by Gasteiger charge is 2.38. The second-order valence-electron chi connectivity index (χ2n) is 15.7. The first-order valence-electron chi connectivity index (χ1n) is 17.8. The van der Waals surface area contributed by atoms with Crippen LogP contribution < -0.4 is 0 Å².